The van der Waals surface area contributed by atoms with Crippen molar-refractivity contribution in [2.75, 3.05) is 5.32 Å². The highest BCUT2D eigenvalue weighted by molar-refractivity contribution is 5.89. The lowest BCUT2D eigenvalue weighted by molar-refractivity contribution is -0.114. The van der Waals surface area contributed by atoms with Crippen molar-refractivity contribution < 1.29 is 4.79 Å². The standard InChI is InChI=1S/C15H19N5O2/c1-9(21)16-10-6-5-7-11(8-10)17-18-12-13(15(2,3)4)19-20-14(12)22/h5-8H,1-4H3,(H,16,21)(H2,19,20,22). The first-order valence-electron chi connectivity index (χ1n) is 6.88. The van der Waals surface area contributed by atoms with Crippen molar-refractivity contribution in [3.05, 3.63) is 40.3 Å². The number of H-pyrrole nitrogens is 2. The number of nitrogens with one attached hydrogen (secondary N) is 3. The van der Waals surface area contributed by atoms with Crippen LogP contribution in [0.25, 0.3) is 0 Å². The van der Waals surface area contributed by atoms with Crippen LogP contribution in [0.4, 0.5) is 17.1 Å². The van der Waals surface area contributed by atoms with Gasteiger partial charge in [0.2, 0.25) is 5.91 Å². The molecule has 0 bridgehead atoms. The molecule has 22 heavy (non-hydrogen) atoms. The van der Waals surface area contributed by atoms with Gasteiger partial charge in [-0.15, -0.1) is 5.11 Å². The number of aromatic nitrogens is 2. The molecule has 1 aromatic carbocycles. The molecule has 2 aromatic rings. The molecule has 0 spiro atoms. The summed E-state index contributed by atoms with van der Waals surface area (Å²) in [5, 5.41) is 16.2. The van der Waals surface area contributed by atoms with Gasteiger partial charge in [0.25, 0.3) is 5.56 Å². The fourth-order valence-corrected chi connectivity index (χ4v) is 1.95. The van der Waals surface area contributed by atoms with Crippen LogP contribution in [0, 0.1) is 0 Å². The number of azo groups is 1. The molecule has 7 heteroatoms. The van der Waals surface area contributed by atoms with Crippen molar-refractivity contribution >= 4 is 23.0 Å². The van der Waals surface area contributed by atoms with Gasteiger partial charge in [-0.3, -0.25) is 19.8 Å². The number of benzene rings is 1. The fourth-order valence-electron chi connectivity index (χ4n) is 1.95. The smallest absolute Gasteiger partial charge is 0.292 e. The van der Waals surface area contributed by atoms with Crippen LogP contribution in [-0.2, 0) is 10.2 Å². The summed E-state index contributed by atoms with van der Waals surface area (Å²) in [5.41, 5.74) is 1.56. The molecule has 0 atom stereocenters. The first kappa shape index (κ1) is 15.7. The Morgan fingerprint density at radius 1 is 1.18 bits per heavy atom. The Hall–Kier alpha value is -2.70. The number of anilines is 1. The van der Waals surface area contributed by atoms with Crippen molar-refractivity contribution in [1.29, 1.82) is 0 Å². The molecule has 0 aliphatic carbocycles. The van der Waals surface area contributed by atoms with E-state index in [0.29, 0.717) is 17.1 Å². The average Bonchev–Trinajstić information content (AvgIpc) is 2.77. The normalized spacial score (nSPS) is 11.8. The number of carbonyl (C=O) groups excluding carboxylic acids is 1. The van der Waals surface area contributed by atoms with Crippen LogP contribution in [0.5, 0.6) is 0 Å². The molecule has 116 valence electrons. The molecule has 0 fully saturated rings. The van der Waals surface area contributed by atoms with Gasteiger partial charge in [0.05, 0.1) is 11.4 Å². The summed E-state index contributed by atoms with van der Waals surface area (Å²) >= 11 is 0. The second kappa shape index (κ2) is 5.97. The van der Waals surface area contributed by atoms with Gasteiger partial charge in [-0.25, -0.2) is 0 Å². The molecule has 0 aliphatic heterocycles. The zero-order valence-electron chi connectivity index (χ0n) is 13.0. The Balaban J connectivity index is 2.32. The van der Waals surface area contributed by atoms with E-state index >= 15 is 0 Å². The molecule has 1 amide bonds. The Bertz CT molecular complexity index is 765. The number of carbonyl (C=O) groups is 1. The predicted octanol–water partition coefficient (Wildman–Crippen LogP) is 3.37. The molecular formula is C15H19N5O2. The third-order valence-corrected chi connectivity index (χ3v) is 2.93. The van der Waals surface area contributed by atoms with Crippen LogP contribution in [0.2, 0.25) is 0 Å². The van der Waals surface area contributed by atoms with E-state index in [-0.39, 0.29) is 22.6 Å². The van der Waals surface area contributed by atoms with E-state index in [1.807, 2.05) is 20.8 Å². The highest BCUT2D eigenvalue weighted by Gasteiger charge is 2.22. The number of aromatic amines is 2. The van der Waals surface area contributed by atoms with E-state index in [1.54, 1.807) is 24.3 Å². The third kappa shape index (κ3) is 3.69. The van der Waals surface area contributed by atoms with Gasteiger partial charge in [0, 0.05) is 18.0 Å². The van der Waals surface area contributed by atoms with Crippen LogP contribution in [0.3, 0.4) is 0 Å². The highest BCUT2D eigenvalue weighted by Crippen LogP contribution is 2.28. The summed E-state index contributed by atoms with van der Waals surface area (Å²) in [7, 11) is 0. The number of hydrogen-bond acceptors (Lipinski definition) is 4. The van der Waals surface area contributed by atoms with Crippen molar-refractivity contribution in [2.24, 2.45) is 10.2 Å². The van der Waals surface area contributed by atoms with Gasteiger partial charge in [-0.05, 0) is 18.2 Å². The van der Waals surface area contributed by atoms with Crippen molar-refractivity contribution in [3.63, 3.8) is 0 Å². The fraction of sp³-hybridized carbons (Fsp3) is 0.333. The minimum absolute atomic E-state index is 0.161. The van der Waals surface area contributed by atoms with Gasteiger partial charge < -0.3 is 5.32 Å². The average molecular weight is 301 g/mol. The lowest BCUT2D eigenvalue weighted by atomic mass is 9.91. The van der Waals surface area contributed by atoms with Crippen LogP contribution in [0.15, 0.2) is 39.3 Å². The first-order chi connectivity index (χ1) is 10.3. The highest BCUT2D eigenvalue weighted by atomic mass is 16.1. The minimum Gasteiger partial charge on any atom is -0.326 e. The Labute approximate surface area is 127 Å². The summed E-state index contributed by atoms with van der Waals surface area (Å²) in [6.07, 6.45) is 0. The topological polar surface area (TPSA) is 102 Å². The molecular weight excluding hydrogens is 282 g/mol. The second-order valence-electron chi connectivity index (χ2n) is 5.98. The lowest BCUT2D eigenvalue weighted by Gasteiger charge is -2.15. The monoisotopic (exact) mass is 301 g/mol. The van der Waals surface area contributed by atoms with Crippen molar-refractivity contribution in [2.45, 2.75) is 33.1 Å². The Morgan fingerprint density at radius 2 is 1.91 bits per heavy atom. The van der Waals surface area contributed by atoms with Gasteiger partial charge >= 0.3 is 0 Å². The summed E-state index contributed by atoms with van der Waals surface area (Å²) in [5.74, 6) is -0.161. The molecule has 1 aromatic heterocycles. The van der Waals surface area contributed by atoms with E-state index in [1.165, 1.54) is 6.92 Å². The Kier molecular flexibility index (Phi) is 4.25. The number of nitrogens with zero attached hydrogens (tertiary/aromatic N) is 2. The van der Waals surface area contributed by atoms with Gasteiger partial charge in [-0.2, -0.15) is 5.11 Å². The third-order valence-electron chi connectivity index (χ3n) is 2.93. The van der Waals surface area contributed by atoms with Crippen molar-refractivity contribution in [3.8, 4) is 0 Å². The maximum Gasteiger partial charge on any atom is 0.292 e. The second-order valence-corrected chi connectivity index (χ2v) is 5.98. The van der Waals surface area contributed by atoms with E-state index in [2.05, 4.69) is 25.7 Å². The summed E-state index contributed by atoms with van der Waals surface area (Å²) in [6.45, 7) is 7.36. The van der Waals surface area contributed by atoms with Crippen molar-refractivity contribution in [1.82, 2.24) is 10.2 Å². The molecule has 3 N–H and O–H groups in total. The molecule has 2 rings (SSSR count). The maximum atomic E-state index is 11.8. The molecule has 0 radical (unpaired) electrons. The number of rotatable bonds is 3. The molecule has 7 nitrogen and oxygen atoms in total. The quantitative estimate of drug-likeness (QED) is 0.757. The molecule has 0 saturated carbocycles. The molecule has 0 unspecified atom stereocenters. The molecule has 1 heterocycles. The van der Waals surface area contributed by atoms with Gasteiger partial charge in [-0.1, -0.05) is 26.8 Å². The van der Waals surface area contributed by atoms with Crippen LogP contribution in [-0.4, -0.2) is 16.1 Å². The summed E-state index contributed by atoms with van der Waals surface area (Å²) < 4.78 is 0. The zero-order chi connectivity index (χ0) is 16.3. The van der Waals surface area contributed by atoms with E-state index in [9.17, 15) is 9.59 Å². The van der Waals surface area contributed by atoms with E-state index in [4.69, 9.17) is 0 Å². The van der Waals surface area contributed by atoms with Gasteiger partial charge in [0.1, 0.15) is 0 Å². The van der Waals surface area contributed by atoms with Gasteiger partial charge in [0.15, 0.2) is 5.69 Å². The molecule has 0 saturated heterocycles. The molecule has 0 aliphatic rings. The first-order valence-corrected chi connectivity index (χ1v) is 6.88. The van der Waals surface area contributed by atoms with E-state index in [0.717, 1.165) is 0 Å². The number of hydrogen-bond donors (Lipinski definition) is 3. The summed E-state index contributed by atoms with van der Waals surface area (Å²) in [4.78, 5) is 22.9. The van der Waals surface area contributed by atoms with Crippen LogP contribution >= 0.6 is 0 Å². The SMILES string of the molecule is CC(=O)Nc1cccc(N=Nc2c(C(C)(C)C)[nH][nH]c2=O)c1. The largest absolute Gasteiger partial charge is 0.326 e. The lowest BCUT2D eigenvalue weighted by Crippen LogP contribution is -2.12. The maximum absolute atomic E-state index is 11.8. The minimum atomic E-state index is -0.313. The zero-order valence-corrected chi connectivity index (χ0v) is 13.0. The van der Waals surface area contributed by atoms with Crippen LogP contribution < -0.4 is 10.9 Å². The number of amides is 1. The Morgan fingerprint density at radius 3 is 2.55 bits per heavy atom. The van der Waals surface area contributed by atoms with Crippen LogP contribution in [0.1, 0.15) is 33.4 Å². The summed E-state index contributed by atoms with van der Waals surface area (Å²) in [6, 6.07) is 6.94. The van der Waals surface area contributed by atoms with E-state index < -0.39 is 0 Å². The predicted molar refractivity (Wildman–Crippen MR) is 85.0 cm³/mol.